The topological polar surface area (TPSA) is 87.0 Å². The minimum absolute atomic E-state index is 0.515. The maximum atomic E-state index is 5.80. The van der Waals surface area contributed by atoms with Crippen LogP contribution in [0.5, 0.6) is 11.6 Å². The van der Waals surface area contributed by atoms with Gasteiger partial charge in [0.05, 0.1) is 10.4 Å². The van der Waals surface area contributed by atoms with Crippen molar-refractivity contribution in [3.63, 3.8) is 0 Å². The molecule has 5 nitrogen and oxygen atoms in total. The summed E-state index contributed by atoms with van der Waals surface area (Å²) in [6.45, 7) is 0. The van der Waals surface area contributed by atoms with Crippen molar-refractivity contribution in [1.82, 2.24) is 9.97 Å². The minimum atomic E-state index is 0.515. The number of thiazole rings is 1. The van der Waals surface area contributed by atoms with E-state index in [1.165, 1.54) is 11.3 Å². The van der Waals surface area contributed by atoms with Crippen LogP contribution in [0.2, 0.25) is 0 Å². The number of nitrogen functional groups attached to an aromatic ring is 2. The number of anilines is 2. The lowest BCUT2D eigenvalue weighted by Gasteiger charge is -2.08. The molecule has 2 heterocycles. The molecule has 0 saturated heterocycles. The molecule has 0 aliphatic rings. The molecule has 0 unspecified atom stereocenters. The summed E-state index contributed by atoms with van der Waals surface area (Å²) in [7, 11) is 0. The molecule has 0 amide bonds. The van der Waals surface area contributed by atoms with E-state index < -0.39 is 0 Å². The highest BCUT2D eigenvalue weighted by Gasteiger charge is 2.11. The van der Waals surface area contributed by atoms with Crippen LogP contribution in [-0.4, -0.2) is 9.97 Å². The minimum Gasteiger partial charge on any atom is -0.438 e. The standard InChI is InChI=1S/C14H12N4OS/c15-9-3-5-10(6-4-9)19-13-11(2-1-7-17-13)12-8-18-14(16)20-12/h1-8H,15H2,(H2,16,18). The largest absolute Gasteiger partial charge is 0.438 e. The molecule has 0 fully saturated rings. The van der Waals surface area contributed by atoms with Crippen LogP contribution in [0, 0.1) is 0 Å². The maximum absolute atomic E-state index is 5.80. The van der Waals surface area contributed by atoms with Crippen molar-refractivity contribution in [3.05, 3.63) is 48.8 Å². The Bertz CT molecular complexity index is 724. The Morgan fingerprint density at radius 2 is 1.80 bits per heavy atom. The predicted octanol–water partition coefficient (Wildman–Crippen LogP) is 3.16. The van der Waals surface area contributed by atoms with Gasteiger partial charge in [-0.15, -0.1) is 0 Å². The third-order valence-corrected chi connectivity index (χ3v) is 3.51. The van der Waals surface area contributed by atoms with E-state index >= 15 is 0 Å². The van der Waals surface area contributed by atoms with Gasteiger partial charge in [-0.1, -0.05) is 11.3 Å². The van der Waals surface area contributed by atoms with Crippen LogP contribution in [0.4, 0.5) is 10.8 Å². The van der Waals surface area contributed by atoms with Gasteiger partial charge in [0.2, 0.25) is 5.88 Å². The zero-order chi connectivity index (χ0) is 13.9. The second-order valence-corrected chi connectivity index (χ2v) is 5.15. The summed E-state index contributed by atoms with van der Waals surface area (Å²) >= 11 is 1.39. The fourth-order valence-corrected chi connectivity index (χ4v) is 2.42. The molecular weight excluding hydrogens is 272 g/mol. The van der Waals surface area contributed by atoms with Crippen LogP contribution in [-0.2, 0) is 0 Å². The first-order valence-corrected chi connectivity index (χ1v) is 6.74. The molecule has 0 aliphatic carbocycles. The van der Waals surface area contributed by atoms with E-state index in [0.29, 0.717) is 22.4 Å². The number of rotatable bonds is 3. The SMILES string of the molecule is Nc1ccc(Oc2ncccc2-c2cnc(N)s2)cc1. The normalized spacial score (nSPS) is 10.4. The van der Waals surface area contributed by atoms with Crippen LogP contribution in [0.15, 0.2) is 48.8 Å². The smallest absolute Gasteiger partial charge is 0.227 e. The first-order chi connectivity index (χ1) is 9.72. The zero-order valence-corrected chi connectivity index (χ0v) is 11.3. The average Bonchev–Trinajstić information content (AvgIpc) is 2.88. The van der Waals surface area contributed by atoms with Crippen LogP contribution in [0.25, 0.3) is 10.4 Å². The van der Waals surface area contributed by atoms with Crippen molar-refractivity contribution >= 4 is 22.2 Å². The number of pyridine rings is 1. The Morgan fingerprint density at radius 1 is 1.00 bits per heavy atom. The molecule has 2 aromatic heterocycles. The van der Waals surface area contributed by atoms with Gasteiger partial charge >= 0.3 is 0 Å². The lowest BCUT2D eigenvalue weighted by Crippen LogP contribution is -1.91. The lowest BCUT2D eigenvalue weighted by molar-refractivity contribution is 0.465. The molecule has 6 heteroatoms. The highest BCUT2D eigenvalue weighted by Crippen LogP contribution is 2.35. The molecule has 0 atom stereocenters. The molecule has 100 valence electrons. The van der Waals surface area contributed by atoms with E-state index in [2.05, 4.69) is 9.97 Å². The van der Waals surface area contributed by atoms with Gasteiger partial charge in [0, 0.05) is 18.1 Å². The van der Waals surface area contributed by atoms with E-state index in [9.17, 15) is 0 Å². The molecule has 3 rings (SSSR count). The van der Waals surface area contributed by atoms with Crippen molar-refractivity contribution in [2.24, 2.45) is 0 Å². The molecule has 1 aromatic carbocycles. The van der Waals surface area contributed by atoms with Gasteiger partial charge in [0.1, 0.15) is 5.75 Å². The highest BCUT2D eigenvalue weighted by atomic mass is 32.1. The van der Waals surface area contributed by atoms with Crippen molar-refractivity contribution < 1.29 is 4.74 Å². The van der Waals surface area contributed by atoms with E-state index in [1.54, 1.807) is 36.7 Å². The molecule has 20 heavy (non-hydrogen) atoms. The Hall–Kier alpha value is -2.60. The van der Waals surface area contributed by atoms with Crippen LogP contribution < -0.4 is 16.2 Å². The van der Waals surface area contributed by atoms with Crippen molar-refractivity contribution in [2.45, 2.75) is 0 Å². The Balaban J connectivity index is 1.96. The van der Waals surface area contributed by atoms with Gasteiger partial charge in [0.25, 0.3) is 0 Å². The molecule has 0 spiro atoms. The Morgan fingerprint density at radius 3 is 2.50 bits per heavy atom. The zero-order valence-electron chi connectivity index (χ0n) is 10.5. The van der Waals surface area contributed by atoms with Crippen molar-refractivity contribution in [3.8, 4) is 22.1 Å². The second-order valence-electron chi connectivity index (χ2n) is 4.09. The molecular formula is C14H12N4OS. The van der Waals surface area contributed by atoms with E-state index in [-0.39, 0.29) is 0 Å². The summed E-state index contributed by atoms with van der Waals surface area (Å²) in [5.74, 6) is 1.19. The summed E-state index contributed by atoms with van der Waals surface area (Å²) in [6.07, 6.45) is 3.40. The Labute approximate surface area is 119 Å². The first kappa shape index (κ1) is 12.4. The number of nitrogens with zero attached hydrogens (tertiary/aromatic N) is 2. The summed E-state index contributed by atoms with van der Waals surface area (Å²) in [5.41, 5.74) is 12.9. The van der Waals surface area contributed by atoms with E-state index in [1.807, 2.05) is 12.1 Å². The lowest BCUT2D eigenvalue weighted by atomic mass is 10.2. The number of benzene rings is 1. The molecule has 0 radical (unpaired) electrons. The molecule has 3 aromatic rings. The summed E-state index contributed by atoms with van der Waals surface area (Å²) in [4.78, 5) is 9.23. The fourth-order valence-electron chi connectivity index (χ4n) is 1.72. The summed E-state index contributed by atoms with van der Waals surface area (Å²) in [5, 5.41) is 0.516. The van der Waals surface area contributed by atoms with Gasteiger partial charge in [-0.2, -0.15) is 0 Å². The highest BCUT2D eigenvalue weighted by molar-refractivity contribution is 7.18. The maximum Gasteiger partial charge on any atom is 0.227 e. The van der Waals surface area contributed by atoms with Crippen molar-refractivity contribution in [1.29, 1.82) is 0 Å². The summed E-state index contributed by atoms with van der Waals surface area (Å²) in [6, 6.07) is 10.9. The van der Waals surface area contributed by atoms with Gasteiger partial charge in [-0.3, -0.25) is 0 Å². The third kappa shape index (κ3) is 2.55. The predicted molar refractivity (Wildman–Crippen MR) is 80.7 cm³/mol. The fraction of sp³-hybridized carbons (Fsp3) is 0. The summed E-state index contributed by atoms with van der Waals surface area (Å²) < 4.78 is 5.80. The quantitative estimate of drug-likeness (QED) is 0.721. The number of ether oxygens (including phenoxy) is 1. The number of hydrogen-bond acceptors (Lipinski definition) is 6. The monoisotopic (exact) mass is 284 g/mol. The number of aromatic nitrogens is 2. The van der Waals surface area contributed by atoms with Gasteiger partial charge < -0.3 is 16.2 Å². The second kappa shape index (κ2) is 5.18. The Kier molecular flexibility index (Phi) is 3.22. The first-order valence-electron chi connectivity index (χ1n) is 5.92. The number of hydrogen-bond donors (Lipinski definition) is 2. The molecule has 0 aliphatic heterocycles. The van der Waals surface area contributed by atoms with Crippen LogP contribution in [0.1, 0.15) is 0 Å². The van der Waals surface area contributed by atoms with Gasteiger partial charge in [-0.05, 0) is 36.4 Å². The average molecular weight is 284 g/mol. The van der Waals surface area contributed by atoms with Gasteiger partial charge in [-0.25, -0.2) is 9.97 Å². The molecule has 0 saturated carbocycles. The van der Waals surface area contributed by atoms with E-state index in [4.69, 9.17) is 16.2 Å². The molecule has 0 bridgehead atoms. The van der Waals surface area contributed by atoms with Gasteiger partial charge in [0.15, 0.2) is 5.13 Å². The van der Waals surface area contributed by atoms with Crippen LogP contribution >= 0.6 is 11.3 Å². The molecule has 4 N–H and O–H groups in total. The number of nitrogens with two attached hydrogens (primary N) is 2. The van der Waals surface area contributed by atoms with E-state index in [0.717, 1.165) is 10.4 Å². The van der Waals surface area contributed by atoms with Crippen LogP contribution in [0.3, 0.4) is 0 Å². The van der Waals surface area contributed by atoms with Crippen molar-refractivity contribution in [2.75, 3.05) is 11.5 Å². The third-order valence-electron chi connectivity index (χ3n) is 2.65.